The first kappa shape index (κ1) is 8.75. The number of ether oxygens (including phenoxy) is 1. The number of rotatable bonds is 0. The van der Waals surface area contributed by atoms with Crippen LogP contribution in [-0.2, 0) is 9.53 Å². The van der Waals surface area contributed by atoms with Crippen LogP contribution in [0.1, 0.15) is 46.0 Å². The van der Waals surface area contributed by atoms with Crippen molar-refractivity contribution in [2.45, 2.75) is 51.6 Å². The molecule has 1 spiro atoms. The second-order valence-electron chi connectivity index (χ2n) is 6.15. The lowest BCUT2D eigenvalue weighted by Gasteiger charge is -2.28. The Kier molecular flexibility index (Phi) is 1.46. The van der Waals surface area contributed by atoms with Gasteiger partial charge in [-0.15, -0.1) is 0 Å². The molecule has 0 aromatic heterocycles. The molecule has 0 bridgehead atoms. The molecule has 2 aliphatic carbocycles. The van der Waals surface area contributed by atoms with Crippen LogP contribution < -0.4 is 0 Å². The summed E-state index contributed by atoms with van der Waals surface area (Å²) >= 11 is 0. The van der Waals surface area contributed by atoms with Crippen molar-refractivity contribution < 1.29 is 9.53 Å². The van der Waals surface area contributed by atoms with Gasteiger partial charge in [-0.3, -0.25) is 4.79 Å². The third kappa shape index (κ3) is 0.945. The van der Waals surface area contributed by atoms with E-state index in [0.29, 0.717) is 23.7 Å². The maximum atomic E-state index is 11.4. The number of carbonyl (C=O) groups is 1. The van der Waals surface area contributed by atoms with E-state index in [1.807, 2.05) is 0 Å². The van der Waals surface area contributed by atoms with E-state index in [0.717, 1.165) is 6.42 Å². The van der Waals surface area contributed by atoms with Crippen molar-refractivity contribution in [2.75, 3.05) is 0 Å². The monoisotopic (exact) mass is 194 g/mol. The fraction of sp³-hybridized carbons (Fsp3) is 0.917. The quantitative estimate of drug-likeness (QED) is 0.554. The van der Waals surface area contributed by atoms with Crippen molar-refractivity contribution in [3.05, 3.63) is 0 Å². The minimum absolute atomic E-state index is 0.0272. The Morgan fingerprint density at radius 1 is 1.29 bits per heavy atom. The van der Waals surface area contributed by atoms with Crippen LogP contribution in [0.5, 0.6) is 0 Å². The Morgan fingerprint density at radius 2 is 2.00 bits per heavy atom. The summed E-state index contributed by atoms with van der Waals surface area (Å²) in [6, 6.07) is 0. The van der Waals surface area contributed by atoms with Gasteiger partial charge in [0, 0.05) is 5.92 Å². The van der Waals surface area contributed by atoms with Gasteiger partial charge in [-0.2, -0.15) is 0 Å². The van der Waals surface area contributed by atoms with Crippen LogP contribution in [0, 0.1) is 17.3 Å². The topological polar surface area (TPSA) is 26.3 Å². The molecule has 0 amide bonds. The maximum Gasteiger partial charge on any atom is 0.306 e. The van der Waals surface area contributed by atoms with Crippen LogP contribution in [0.25, 0.3) is 0 Å². The number of hydrogen-bond donors (Lipinski definition) is 0. The van der Waals surface area contributed by atoms with Crippen LogP contribution in [0.3, 0.4) is 0 Å². The minimum atomic E-state index is -0.0272. The summed E-state index contributed by atoms with van der Waals surface area (Å²) < 4.78 is 5.69. The van der Waals surface area contributed by atoms with Gasteiger partial charge >= 0.3 is 5.97 Å². The van der Waals surface area contributed by atoms with Crippen molar-refractivity contribution in [3.63, 3.8) is 0 Å². The van der Waals surface area contributed by atoms with Gasteiger partial charge in [0.2, 0.25) is 0 Å². The van der Waals surface area contributed by atoms with Gasteiger partial charge in [0.15, 0.2) is 0 Å². The highest BCUT2D eigenvalue weighted by molar-refractivity contribution is 5.73. The van der Waals surface area contributed by atoms with Gasteiger partial charge in [0.05, 0.1) is 6.42 Å². The Bertz CT molecular complexity index is 295. The molecule has 3 fully saturated rings. The van der Waals surface area contributed by atoms with Crippen molar-refractivity contribution >= 4 is 5.97 Å². The average molecular weight is 194 g/mol. The molecule has 78 valence electrons. The first-order valence-corrected chi connectivity index (χ1v) is 5.74. The predicted octanol–water partition coefficient (Wildman–Crippen LogP) is 2.52. The van der Waals surface area contributed by atoms with E-state index in [1.165, 1.54) is 19.3 Å². The lowest BCUT2D eigenvalue weighted by atomic mass is 9.83. The second-order valence-corrected chi connectivity index (χ2v) is 6.15. The maximum absolute atomic E-state index is 11.4. The normalized spacial score (nSPS) is 48.9. The molecule has 3 rings (SSSR count). The van der Waals surface area contributed by atoms with E-state index in [2.05, 4.69) is 13.8 Å². The van der Waals surface area contributed by atoms with Gasteiger partial charge in [0.25, 0.3) is 0 Å². The molecule has 1 saturated heterocycles. The lowest BCUT2D eigenvalue weighted by molar-refractivity contribution is -0.151. The molecule has 3 atom stereocenters. The molecule has 2 heteroatoms. The van der Waals surface area contributed by atoms with E-state index in [9.17, 15) is 4.79 Å². The summed E-state index contributed by atoms with van der Waals surface area (Å²) in [5.41, 5.74) is 0.356. The fourth-order valence-electron chi connectivity index (χ4n) is 4.21. The van der Waals surface area contributed by atoms with Crippen molar-refractivity contribution in [1.82, 2.24) is 0 Å². The third-order valence-corrected chi connectivity index (χ3v) is 4.52. The Balaban J connectivity index is 1.97. The molecular formula is C12H18O2. The van der Waals surface area contributed by atoms with E-state index in [-0.39, 0.29) is 11.6 Å². The molecule has 1 unspecified atom stereocenters. The Hall–Kier alpha value is -0.530. The predicted molar refractivity (Wildman–Crippen MR) is 52.7 cm³/mol. The zero-order chi connectivity index (χ0) is 9.97. The van der Waals surface area contributed by atoms with Crippen LogP contribution in [-0.4, -0.2) is 11.6 Å². The highest BCUT2D eigenvalue weighted by Crippen LogP contribution is 2.62. The van der Waals surface area contributed by atoms with Gasteiger partial charge < -0.3 is 4.74 Å². The molecule has 14 heavy (non-hydrogen) atoms. The summed E-state index contributed by atoms with van der Waals surface area (Å²) in [6.07, 6.45) is 5.53. The molecule has 1 aliphatic heterocycles. The van der Waals surface area contributed by atoms with Crippen LogP contribution in [0.4, 0.5) is 0 Å². The summed E-state index contributed by atoms with van der Waals surface area (Å²) in [6.45, 7) is 4.62. The van der Waals surface area contributed by atoms with E-state index >= 15 is 0 Å². The smallest absolute Gasteiger partial charge is 0.306 e. The molecular weight excluding hydrogens is 176 g/mol. The minimum Gasteiger partial charge on any atom is -0.458 e. The Labute approximate surface area is 85.0 Å². The van der Waals surface area contributed by atoms with Crippen molar-refractivity contribution in [2.24, 2.45) is 17.3 Å². The summed E-state index contributed by atoms with van der Waals surface area (Å²) in [5.74, 6) is 1.26. The first-order valence-electron chi connectivity index (χ1n) is 5.74. The van der Waals surface area contributed by atoms with Crippen LogP contribution >= 0.6 is 0 Å². The van der Waals surface area contributed by atoms with E-state index in [1.54, 1.807) is 0 Å². The molecule has 1 heterocycles. The molecule has 2 saturated carbocycles. The van der Waals surface area contributed by atoms with Crippen LogP contribution in [0.15, 0.2) is 0 Å². The molecule has 0 aromatic rings. The molecule has 0 radical (unpaired) electrons. The second kappa shape index (κ2) is 2.34. The standard InChI is InChI=1S/C12H18O2/c1-11(2)6-9-4-3-8-5-10(13)14-12(8,9)7-11/h8-9H,3-7H2,1-2H3/t8-,9-,12?/m0/s1. The van der Waals surface area contributed by atoms with E-state index < -0.39 is 0 Å². The number of esters is 1. The molecule has 3 aliphatic rings. The third-order valence-electron chi connectivity index (χ3n) is 4.52. The highest BCUT2D eigenvalue weighted by Gasteiger charge is 2.63. The lowest BCUT2D eigenvalue weighted by Crippen LogP contribution is -2.34. The Morgan fingerprint density at radius 3 is 2.79 bits per heavy atom. The van der Waals surface area contributed by atoms with Crippen LogP contribution in [0.2, 0.25) is 0 Å². The zero-order valence-electron chi connectivity index (χ0n) is 9.01. The van der Waals surface area contributed by atoms with Gasteiger partial charge in [-0.05, 0) is 37.0 Å². The zero-order valence-corrected chi connectivity index (χ0v) is 9.01. The molecule has 2 nitrogen and oxygen atoms in total. The SMILES string of the molecule is CC1(C)C[C@@H]2CC[C@H]3CC(=O)OC32C1. The summed E-state index contributed by atoms with van der Waals surface area (Å²) in [7, 11) is 0. The van der Waals surface area contributed by atoms with Gasteiger partial charge in [-0.25, -0.2) is 0 Å². The average Bonchev–Trinajstić information content (AvgIpc) is 2.53. The van der Waals surface area contributed by atoms with E-state index in [4.69, 9.17) is 4.74 Å². The van der Waals surface area contributed by atoms with Crippen molar-refractivity contribution in [1.29, 1.82) is 0 Å². The highest BCUT2D eigenvalue weighted by atomic mass is 16.6. The van der Waals surface area contributed by atoms with Crippen molar-refractivity contribution in [3.8, 4) is 0 Å². The molecule has 0 N–H and O–H groups in total. The van der Waals surface area contributed by atoms with Gasteiger partial charge in [0.1, 0.15) is 5.60 Å². The summed E-state index contributed by atoms with van der Waals surface area (Å²) in [4.78, 5) is 11.4. The van der Waals surface area contributed by atoms with Gasteiger partial charge in [-0.1, -0.05) is 13.8 Å². The first-order chi connectivity index (χ1) is 6.52. The number of carbonyl (C=O) groups excluding carboxylic acids is 1. The largest absolute Gasteiger partial charge is 0.458 e. The fourth-order valence-corrected chi connectivity index (χ4v) is 4.21. The number of hydrogen-bond acceptors (Lipinski definition) is 2. The summed E-state index contributed by atoms with van der Waals surface area (Å²) in [5, 5.41) is 0. The molecule has 0 aromatic carbocycles.